The molecule has 2 heterocycles. The molecule has 2 unspecified atom stereocenters. The van der Waals surface area contributed by atoms with Gasteiger partial charge in [-0.3, -0.25) is 9.59 Å². The molecule has 6 nitrogen and oxygen atoms in total. The van der Waals surface area contributed by atoms with Gasteiger partial charge in [0.25, 0.3) is 0 Å². The summed E-state index contributed by atoms with van der Waals surface area (Å²) in [6, 6.07) is 7.94. The zero-order chi connectivity index (χ0) is 19.4. The third-order valence-corrected chi connectivity index (χ3v) is 5.73. The Hall–Kier alpha value is -2.08. The fourth-order valence-electron chi connectivity index (χ4n) is 4.02. The minimum Gasteiger partial charge on any atom is -0.497 e. The maximum Gasteiger partial charge on any atom is 0.227 e. The maximum absolute atomic E-state index is 12.6. The second kappa shape index (κ2) is 8.74. The average Bonchev–Trinajstić information content (AvgIpc) is 3.08. The van der Waals surface area contributed by atoms with E-state index in [1.54, 1.807) is 12.0 Å². The number of carbonyl (C=O) groups excluding carboxylic acids is 2. The largest absolute Gasteiger partial charge is 0.497 e. The van der Waals surface area contributed by atoms with Crippen LogP contribution in [0, 0.1) is 11.8 Å². The van der Waals surface area contributed by atoms with Gasteiger partial charge in [-0.15, -0.1) is 0 Å². The molecule has 0 saturated carbocycles. The smallest absolute Gasteiger partial charge is 0.227 e. The van der Waals surface area contributed by atoms with Gasteiger partial charge in [-0.25, -0.2) is 0 Å². The summed E-state index contributed by atoms with van der Waals surface area (Å²) in [4.78, 5) is 29.2. The molecule has 0 bridgehead atoms. The molecule has 2 atom stereocenters. The van der Waals surface area contributed by atoms with Crippen LogP contribution in [0.4, 0.5) is 5.69 Å². The molecular weight excluding hydrogens is 342 g/mol. The first-order chi connectivity index (χ1) is 13.0. The molecule has 148 valence electrons. The molecule has 2 aliphatic heterocycles. The Labute approximate surface area is 161 Å². The van der Waals surface area contributed by atoms with Crippen LogP contribution in [0.5, 0.6) is 5.75 Å². The quantitative estimate of drug-likeness (QED) is 0.831. The minimum absolute atomic E-state index is 0.000956. The molecular formula is C21H31N3O3. The normalized spacial score (nSPS) is 23.7. The Bertz CT molecular complexity index is 659. The predicted octanol–water partition coefficient (Wildman–Crippen LogP) is 2.28. The number of anilines is 1. The fraction of sp³-hybridized carbons (Fsp3) is 0.619. The van der Waals surface area contributed by atoms with E-state index in [0.29, 0.717) is 25.0 Å². The number of piperidine rings is 1. The van der Waals surface area contributed by atoms with E-state index in [1.807, 2.05) is 24.3 Å². The zero-order valence-corrected chi connectivity index (χ0v) is 16.6. The van der Waals surface area contributed by atoms with Crippen LogP contribution in [0.1, 0.15) is 33.1 Å². The summed E-state index contributed by atoms with van der Waals surface area (Å²) in [6.45, 7) is 7.78. The summed E-state index contributed by atoms with van der Waals surface area (Å²) in [7, 11) is 1.61. The van der Waals surface area contributed by atoms with Crippen molar-refractivity contribution in [3.63, 3.8) is 0 Å². The van der Waals surface area contributed by atoms with Crippen LogP contribution in [-0.4, -0.2) is 56.0 Å². The second-order valence-electron chi connectivity index (χ2n) is 7.95. The van der Waals surface area contributed by atoms with Crippen molar-refractivity contribution >= 4 is 17.5 Å². The highest BCUT2D eigenvalue weighted by Crippen LogP contribution is 2.27. The zero-order valence-electron chi connectivity index (χ0n) is 16.6. The number of rotatable bonds is 6. The van der Waals surface area contributed by atoms with Gasteiger partial charge < -0.3 is 19.9 Å². The number of likely N-dealkylation sites (tertiary alicyclic amines) is 1. The number of benzene rings is 1. The third-order valence-electron chi connectivity index (χ3n) is 5.73. The van der Waals surface area contributed by atoms with Gasteiger partial charge in [-0.1, -0.05) is 0 Å². The van der Waals surface area contributed by atoms with Crippen LogP contribution in [0.25, 0.3) is 0 Å². The lowest BCUT2D eigenvalue weighted by atomic mass is 9.96. The molecule has 27 heavy (non-hydrogen) atoms. The Morgan fingerprint density at radius 1 is 1.26 bits per heavy atom. The summed E-state index contributed by atoms with van der Waals surface area (Å²) in [6.07, 6.45) is 2.62. The van der Waals surface area contributed by atoms with Crippen molar-refractivity contribution in [1.29, 1.82) is 0 Å². The Balaban J connectivity index is 1.51. The minimum atomic E-state index is -0.274. The number of carbonyl (C=O) groups is 2. The summed E-state index contributed by atoms with van der Waals surface area (Å²) in [5, 5.41) is 3.10. The molecule has 0 aromatic heterocycles. The molecule has 6 heteroatoms. The van der Waals surface area contributed by atoms with Gasteiger partial charge in [0, 0.05) is 37.8 Å². The molecule has 2 fully saturated rings. The maximum atomic E-state index is 12.6. The molecule has 2 amide bonds. The molecule has 1 aromatic carbocycles. The summed E-state index contributed by atoms with van der Waals surface area (Å²) in [5.41, 5.74) is 0.816. The second-order valence-corrected chi connectivity index (χ2v) is 7.95. The van der Waals surface area contributed by atoms with Crippen LogP contribution in [0.2, 0.25) is 0 Å². The van der Waals surface area contributed by atoms with Crippen molar-refractivity contribution in [2.45, 2.75) is 39.2 Å². The number of nitrogens with zero attached hydrogens (tertiary/aromatic N) is 2. The SMILES string of the molecule is COc1ccc(N2CC(C(=O)NCC3CCCN(C(C)C)C3)CC2=O)cc1. The number of nitrogens with one attached hydrogen (secondary N) is 1. The van der Waals surface area contributed by atoms with Gasteiger partial charge >= 0.3 is 0 Å². The summed E-state index contributed by atoms with van der Waals surface area (Å²) in [5.74, 6) is 0.983. The Morgan fingerprint density at radius 3 is 2.67 bits per heavy atom. The van der Waals surface area contributed by atoms with E-state index in [-0.39, 0.29) is 24.2 Å². The highest BCUT2D eigenvalue weighted by atomic mass is 16.5. The number of ether oxygens (including phenoxy) is 1. The van der Waals surface area contributed by atoms with Gasteiger partial charge in [-0.05, 0) is 63.4 Å². The van der Waals surface area contributed by atoms with Gasteiger partial charge in [0.05, 0.1) is 13.0 Å². The predicted molar refractivity (Wildman–Crippen MR) is 106 cm³/mol. The fourth-order valence-corrected chi connectivity index (χ4v) is 4.02. The van der Waals surface area contributed by atoms with Crippen molar-refractivity contribution in [2.75, 3.05) is 38.2 Å². The molecule has 0 spiro atoms. The summed E-state index contributed by atoms with van der Waals surface area (Å²) < 4.78 is 5.16. The molecule has 1 aromatic rings. The van der Waals surface area contributed by atoms with Crippen LogP contribution < -0.4 is 15.0 Å². The molecule has 0 aliphatic carbocycles. The van der Waals surface area contributed by atoms with Crippen molar-refractivity contribution in [3.05, 3.63) is 24.3 Å². The number of amides is 2. The molecule has 2 saturated heterocycles. The van der Waals surface area contributed by atoms with Gasteiger partial charge in [-0.2, -0.15) is 0 Å². The van der Waals surface area contributed by atoms with E-state index in [1.165, 1.54) is 6.42 Å². The molecule has 0 radical (unpaired) electrons. The van der Waals surface area contributed by atoms with Crippen LogP contribution in [0.3, 0.4) is 0 Å². The van der Waals surface area contributed by atoms with Gasteiger partial charge in [0.2, 0.25) is 11.8 Å². The van der Waals surface area contributed by atoms with Crippen molar-refractivity contribution in [2.24, 2.45) is 11.8 Å². The molecule has 1 N–H and O–H groups in total. The van der Waals surface area contributed by atoms with E-state index >= 15 is 0 Å². The van der Waals surface area contributed by atoms with E-state index in [2.05, 4.69) is 24.1 Å². The van der Waals surface area contributed by atoms with Crippen molar-refractivity contribution in [1.82, 2.24) is 10.2 Å². The molecule has 3 rings (SSSR count). The highest BCUT2D eigenvalue weighted by molar-refractivity contribution is 6.00. The average molecular weight is 373 g/mol. The number of hydrogen-bond donors (Lipinski definition) is 1. The van der Waals surface area contributed by atoms with Crippen molar-refractivity contribution < 1.29 is 14.3 Å². The van der Waals surface area contributed by atoms with Crippen molar-refractivity contribution in [3.8, 4) is 5.75 Å². The summed E-state index contributed by atoms with van der Waals surface area (Å²) >= 11 is 0. The first-order valence-corrected chi connectivity index (χ1v) is 9.94. The van der Waals surface area contributed by atoms with Crippen LogP contribution in [0.15, 0.2) is 24.3 Å². The number of hydrogen-bond acceptors (Lipinski definition) is 4. The van der Waals surface area contributed by atoms with E-state index in [9.17, 15) is 9.59 Å². The van der Waals surface area contributed by atoms with Crippen LogP contribution >= 0.6 is 0 Å². The third kappa shape index (κ3) is 4.80. The first kappa shape index (κ1) is 19.7. The first-order valence-electron chi connectivity index (χ1n) is 9.94. The van der Waals surface area contributed by atoms with Gasteiger partial charge in [0.15, 0.2) is 0 Å². The number of methoxy groups -OCH3 is 1. The van der Waals surface area contributed by atoms with E-state index in [4.69, 9.17) is 4.74 Å². The Morgan fingerprint density at radius 2 is 2.00 bits per heavy atom. The lowest BCUT2D eigenvalue weighted by Gasteiger charge is -2.35. The lowest BCUT2D eigenvalue weighted by molar-refractivity contribution is -0.126. The highest BCUT2D eigenvalue weighted by Gasteiger charge is 2.35. The van der Waals surface area contributed by atoms with Crippen LogP contribution in [-0.2, 0) is 9.59 Å². The van der Waals surface area contributed by atoms with Gasteiger partial charge in [0.1, 0.15) is 5.75 Å². The molecule has 2 aliphatic rings. The monoisotopic (exact) mass is 373 g/mol. The van der Waals surface area contributed by atoms with E-state index < -0.39 is 0 Å². The standard InChI is InChI=1S/C21H31N3O3/c1-15(2)23-10-4-5-16(13-23)12-22-21(26)17-11-20(25)24(14-17)18-6-8-19(27-3)9-7-18/h6-9,15-17H,4-5,10-14H2,1-3H3,(H,22,26). The van der Waals surface area contributed by atoms with E-state index in [0.717, 1.165) is 30.9 Å². The topological polar surface area (TPSA) is 61.9 Å². The Kier molecular flexibility index (Phi) is 6.37. The lowest BCUT2D eigenvalue weighted by Crippen LogP contribution is -2.44.